The lowest BCUT2D eigenvalue weighted by molar-refractivity contribution is 0.442. The Balaban J connectivity index is 1.67. The molecule has 1 aliphatic rings. The van der Waals surface area contributed by atoms with Crippen LogP contribution in [0.2, 0.25) is 0 Å². The van der Waals surface area contributed by atoms with Crippen LogP contribution in [0.25, 0.3) is 16.3 Å². The van der Waals surface area contributed by atoms with E-state index in [4.69, 9.17) is 0 Å². The minimum absolute atomic E-state index is 0.351. The number of sulfonamides is 1. The largest absolute Gasteiger partial charge is 0.264 e. The van der Waals surface area contributed by atoms with Crippen molar-refractivity contribution in [3.05, 3.63) is 78.6 Å². The lowest BCUT2D eigenvalue weighted by Gasteiger charge is -2.26. The first-order chi connectivity index (χ1) is 12.2. The van der Waals surface area contributed by atoms with Crippen LogP contribution >= 0.6 is 0 Å². The molecule has 0 spiro atoms. The topological polar surface area (TPSA) is 50.3 Å². The third kappa shape index (κ3) is 2.97. The summed E-state index contributed by atoms with van der Waals surface area (Å²) in [6, 6.07) is 17.2. The number of benzene rings is 2. The molecule has 0 unspecified atom stereocenters. The van der Waals surface area contributed by atoms with Gasteiger partial charge in [-0.25, -0.2) is 8.42 Å². The van der Waals surface area contributed by atoms with E-state index in [1.807, 2.05) is 30.3 Å². The van der Waals surface area contributed by atoms with Gasteiger partial charge in [0.2, 0.25) is 10.0 Å². The van der Waals surface area contributed by atoms with Crippen molar-refractivity contribution in [1.82, 2.24) is 9.29 Å². The maximum atomic E-state index is 13.1. The average molecular weight is 350 g/mol. The molecule has 5 heteroatoms. The highest BCUT2D eigenvalue weighted by atomic mass is 32.2. The standard InChI is InChI=1S/C20H18N2O2S/c23-25(24,20-8-4-7-18-15-21-12-9-19(18)20)22-13-10-17(11-14-22)16-5-2-1-3-6-16/h1-10,12,15H,11,13-14H2. The molecule has 4 rings (SSSR count). The number of pyridine rings is 1. The highest BCUT2D eigenvalue weighted by Gasteiger charge is 2.27. The number of hydrogen-bond donors (Lipinski definition) is 0. The van der Waals surface area contributed by atoms with E-state index in [9.17, 15) is 8.42 Å². The predicted octanol–water partition coefficient (Wildman–Crippen LogP) is 3.71. The lowest BCUT2D eigenvalue weighted by Crippen LogP contribution is -2.34. The molecule has 0 saturated heterocycles. The Morgan fingerprint density at radius 3 is 2.56 bits per heavy atom. The van der Waals surface area contributed by atoms with Crippen LogP contribution in [0.1, 0.15) is 12.0 Å². The van der Waals surface area contributed by atoms with Gasteiger partial charge in [0, 0.05) is 36.3 Å². The van der Waals surface area contributed by atoms with Crippen molar-refractivity contribution < 1.29 is 8.42 Å². The molecule has 0 fully saturated rings. The van der Waals surface area contributed by atoms with Crippen LogP contribution in [-0.4, -0.2) is 30.8 Å². The summed E-state index contributed by atoms with van der Waals surface area (Å²) in [7, 11) is -3.53. The van der Waals surface area contributed by atoms with Crippen molar-refractivity contribution in [3.63, 3.8) is 0 Å². The summed E-state index contributed by atoms with van der Waals surface area (Å²) < 4.78 is 27.8. The first kappa shape index (κ1) is 16.0. The molecule has 2 heterocycles. The van der Waals surface area contributed by atoms with Crippen LogP contribution in [0, 0.1) is 0 Å². The zero-order chi connectivity index (χ0) is 17.3. The SMILES string of the molecule is O=S(=O)(c1cccc2cnccc12)N1CC=C(c2ccccc2)CC1. The molecule has 126 valence electrons. The van der Waals surface area contributed by atoms with Crippen molar-refractivity contribution in [2.75, 3.05) is 13.1 Å². The fraction of sp³-hybridized carbons (Fsp3) is 0.150. The number of nitrogens with zero attached hydrogens (tertiary/aromatic N) is 2. The Morgan fingerprint density at radius 2 is 1.80 bits per heavy atom. The van der Waals surface area contributed by atoms with Gasteiger partial charge in [0.05, 0.1) is 4.90 Å². The van der Waals surface area contributed by atoms with Gasteiger partial charge in [-0.3, -0.25) is 4.98 Å². The molecule has 0 aliphatic carbocycles. The molecule has 3 aromatic rings. The van der Waals surface area contributed by atoms with Gasteiger partial charge >= 0.3 is 0 Å². The molecule has 0 N–H and O–H groups in total. The summed E-state index contributed by atoms with van der Waals surface area (Å²) in [6.07, 6.45) is 6.06. The quantitative estimate of drug-likeness (QED) is 0.723. The fourth-order valence-corrected chi connectivity index (χ4v) is 4.84. The van der Waals surface area contributed by atoms with Crippen LogP contribution in [0.15, 0.2) is 78.0 Å². The number of aromatic nitrogens is 1. The van der Waals surface area contributed by atoms with Crippen LogP contribution in [0.3, 0.4) is 0 Å². The third-order valence-corrected chi connectivity index (χ3v) is 6.50. The summed E-state index contributed by atoms with van der Waals surface area (Å²) in [5.41, 5.74) is 2.37. The zero-order valence-corrected chi connectivity index (χ0v) is 14.5. The van der Waals surface area contributed by atoms with Crippen molar-refractivity contribution in [3.8, 4) is 0 Å². The predicted molar refractivity (Wildman–Crippen MR) is 99.5 cm³/mol. The summed E-state index contributed by atoms with van der Waals surface area (Å²) in [6.45, 7) is 0.887. The molecule has 4 nitrogen and oxygen atoms in total. The van der Waals surface area contributed by atoms with Gasteiger partial charge < -0.3 is 0 Å². The first-order valence-electron chi connectivity index (χ1n) is 8.23. The van der Waals surface area contributed by atoms with Gasteiger partial charge in [0.25, 0.3) is 0 Å². The fourth-order valence-electron chi connectivity index (χ4n) is 3.24. The molecule has 0 radical (unpaired) electrons. The van der Waals surface area contributed by atoms with E-state index in [1.165, 1.54) is 5.57 Å². The van der Waals surface area contributed by atoms with Crippen LogP contribution in [0.5, 0.6) is 0 Å². The van der Waals surface area contributed by atoms with E-state index >= 15 is 0 Å². The lowest BCUT2D eigenvalue weighted by atomic mass is 10.0. The normalized spacial score (nSPS) is 15.9. The summed E-state index contributed by atoms with van der Waals surface area (Å²) in [5.74, 6) is 0. The Hall–Kier alpha value is -2.50. The zero-order valence-electron chi connectivity index (χ0n) is 13.7. The van der Waals surface area contributed by atoms with Gasteiger partial charge in [-0.1, -0.05) is 48.5 Å². The maximum Gasteiger partial charge on any atom is 0.243 e. The second-order valence-corrected chi connectivity index (χ2v) is 7.97. The van der Waals surface area contributed by atoms with Crippen LogP contribution in [0.4, 0.5) is 0 Å². The molecule has 1 aliphatic heterocycles. The molecule has 25 heavy (non-hydrogen) atoms. The number of hydrogen-bond acceptors (Lipinski definition) is 3. The molecule has 0 saturated carbocycles. The van der Waals surface area contributed by atoms with Crippen molar-refractivity contribution >= 4 is 26.4 Å². The maximum absolute atomic E-state index is 13.1. The summed E-state index contributed by atoms with van der Waals surface area (Å²) in [5, 5.41) is 1.55. The van der Waals surface area contributed by atoms with E-state index in [-0.39, 0.29) is 0 Å². The first-order valence-corrected chi connectivity index (χ1v) is 9.67. The van der Waals surface area contributed by atoms with Gasteiger partial charge in [0.1, 0.15) is 0 Å². The second-order valence-electron chi connectivity index (χ2n) is 6.06. The van der Waals surface area contributed by atoms with E-state index in [0.29, 0.717) is 18.0 Å². The molecule has 1 aromatic heterocycles. The number of rotatable bonds is 3. The van der Waals surface area contributed by atoms with Gasteiger partial charge in [-0.2, -0.15) is 4.31 Å². The highest BCUT2D eigenvalue weighted by Crippen LogP contribution is 2.29. The molecule has 0 atom stereocenters. The molecular formula is C20H18N2O2S. The van der Waals surface area contributed by atoms with E-state index in [1.54, 1.807) is 34.9 Å². The minimum Gasteiger partial charge on any atom is -0.264 e. The van der Waals surface area contributed by atoms with Gasteiger partial charge in [-0.05, 0) is 29.7 Å². The Labute approximate surface area is 147 Å². The van der Waals surface area contributed by atoms with Crippen molar-refractivity contribution in [1.29, 1.82) is 0 Å². The minimum atomic E-state index is -3.53. The van der Waals surface area contributed by atoms with Crippen molar-refractivity contribution in [2.45, 2.75) is 11.3 Å². The Morgan fingerprint density at radius 1 is 0.960 bits per heavy atom. The van der Waals surface area contributed by atoms with E-state index in [0.717, 1.165) is 22.8 Å². The second kappa shape index (κ2) is 6.43. The third-order valence-electron chi connectivity index (χ3n) is 4.58. The van der Waals surface area contributed by atoms with Crippen molar-refractivity contribution in [2.24, 2.45) is 0 Å². The van der Waals surface area contributed by atoms with E-state index in [2.05, 4.69) is 17.1 Å². The van der Waals surface area contributed by atoms with Gasteiger partial charge in [0.15, 0.2) is 0 Å². The smallest absolute Gasteiger partial charge is 0.243 e. The number of fused-ring (bicyclic) bond motifs is 1. The molecule has 2 aromatic carbocycles. The van der Waals surface area contributed by atoms with Gasteiger partial charge in [-0.15, -0.1) is 0 Å². The average Bonchev–Trinajstić information content (AvgIpc) is 2.68. The Kier molecular flexibility index (Phi) is 4.11. The van der Waals surface area contributed by atoms with Crippen LogP contribution < -0.4 is 0 Å². The monoisotopic (exact) mass is 350 g/mol. The van der Waals surface area contributed by atoms with Crippen LogP contribution in [-0.2, 0) is 10.0 Å². The molecule has 0 bridgehead atoms. The highest BCUT2D eigenvalue weighted by molar-refractivity contribution is 7.89. The molecular weight excluding hydrogens is 332 g/mol. The Bertz CT molecular complexity index is 1040. The molecule has 0 amide bonds. The summed E-state index contributed by atoms with van der Waals surface area (Å²) in [4.78, 5) is 4.43. The summed E-state index contributed by atoms with van der Waals surface area (Å²) >= 11 is 0. The van der Waals surface area contributed by atoms with E-state index < -0.39 is 10.0 Å².